The van der Waals surface area contributed by atoms with Gasteiger partial charge in [0.1, 0.15) is 18.2 Å². The summed E-state index contributed by atoms with van der Waals surface area (Å²) >= 11 is 0. The molecule has 0 bridgehead atoms. The van der Waals surface area contributed by atoms with Crippen LogP contribution in [0.5, 0.6) is 5.75 Å². The molecule has 0 radical (unpaired) electrons. The predicted molar refractivity (Wildman–Crippen MR) is 85.5 cm³/mol. The number of allylic oxidation sites excluding steroid dienone is 1. The fourth-order valence-electron chi connectivity index (χ4n) is 2.28. The maximum Gasteiger partial charge on any atom is 0.146 e. The van der Waals surface area contributed by atoms with Crippen molar-refractivity contribution in [3.05, 3.63) is 72.1 Å². The standard InChI is InChI=1S/C18H18N2O/c1-3-4-14-6-8-15(9-7-14)21-12-18-19-16-10-5-13(2)11-17(16)20-18/h3,5-11H,1,4,12H2,2H3,(H,19,20). The number of ether oxygens (including phenoxy) is 1. The van der Waals surface area contributed by atoms with Gasteiger partial charge in [-0.05, 0) is 48.7 Å². The highest BCUT2D eigenvalue weighted by Crippen LogP contribution is 2.16. The van der Waals surface area contributed by atoms with Crippen molar-refractivity contribution < 1.29 is 4.74 Å². The van der Waals surface area contributed by atoms with Crippen LogP contribution in [0.2, 0.25) is 0 Å². The summed E-state index contributed by atoms with van der Waals surface area (Å²) < 4.78 is 5.77. The summed E-state index contributed by atoms with van der Waals surface area (Å²) in [6, 6.07) is 14.2. The molecular formula is C18H18N2O. The van der Waals surface area contributed by atoms with E-state index in [1.165, 1.54) is 11.1 Å². The first kappa shape index (κ1) is 13.4. The van der Waals surface area contributed by atoms with Crippen LogP contribution in [0.1, 0.15) is 17.0 Å². The minimum absolute atomic E-state index is 0.439. The maximum absolute atomic E-state index is 5.77. The van der Waals surface area contributed by atoms with Crippen LogP contribution in [0.4, 0.5) is 0 Å². The summed E-state index contributed by atoms with van der Waals surface area (Å²) in [5.74, 6) is 1.69. The van der Waals surface area contributed by atoms with Gasteiger partial charge >= 0.3 is 0 Å². The first-order chi connectivity index (χ1) is 10.2. The normalized spacial score (nSPS) is 10.7. The largest absolute Gasteiger partial charge is 0.486 e. The Hall–Kier alpha value is -2.55. The molecule has 0 aliphatic carbocycles. The van der Waals surface area contributed by atoms with Crippen molar-refractivity contribution in [1.82, 2.24) is 9.97 Å². The van der Waals surface area contributed by atoms with Crippen LogP contribution >= 0.6 is 0 Å². The van der Waals surface area contributed by atoms with E-state index in [2.05, 4.69) is 47.7 Å². The fourth-order valence-corrected chi connectivity index (χ4v) is 2.28. The van der Waals surface area contributed by atoms with E-state index in [1.807, 2.05) is 24.3 Å². The van der Waals surface area contributed by atoms with E-state index < -0.39 is 0 Å². The van der Waals surface area contributed by atoms with Crippen molar-refractivity contribution in [3.8, 4) is 5.75 Å². The van der Waals surface area contributed by atoms with Gasteiger partial charge in [0.2, 0.25) is 0 Å². The van der Waals surface area contributed by atoms with Crippen molar-refractivity contribution in [3.63, 3.8) is 0 Å². The summed E-state index contributed by atoms with van der Waals surface area (Å²) in [4.78, 5) is 7.81. The van der Waals surface area contributed by atoms with Gasteiger partial charge in [-0.25, -0.2) is 4.98 Å². The molecule has 3 aromatic rings. The van der Waals surface area contributed by atoms with Gasteiger partial charge in [-0.2, -0.15) is 0 Å². The Balaban J connectivity index is 1.69. The van der Waals surface area contributed by atoms with Gasteiger partial charge in [-0.1, -0.05) is 24.3 Å². The Bertz CT molecular complexity index is 756. The van der Waals surface area contributed by atoms with E-state index in [1.54, 1.807) is 0 Å². The molecule has 3 heteroatoms. The summed E-state index contributed by atoms with van der Waals surface area (Å²) in [7, 11) is 0. The van der Waals surface area contributed by atoms with Crippen LogP contribution in [0.15, 0.2) is 55.1 Å². The third kappa shape index (κ3) is 3.14. The molecule has 3 nitrogen and oxygen atoms in total. The third-order valence-electron chi connectivity index (χ3n) is 3.37. The first-order valence-corrected chi connectivity index (χ1v) is 7.02. The molecule has 0 atom stereocenters. The van der Waals surface area contributed by atoms with Gasteiger partial charge in [-0.3, -0.25) is 0 Å². The van der Waals surface area contributed by atoms with E-state index in [0.29, 0.717) is 6.61 Å². The second-order valence-electron chi connectivity index (χ2n) is 5.13. The topological polar surface area (TPSA) is 37.9 Å². The number of rotatable bonds is 5. The zero-order valence-electron chi connectivity index (χ0n) is 12.1. The van der Waals surface area contributed by atoms with Gasteiger partial charge in [0.05, 0.1) is 11.0 Å². The molecule has 1 aromatic heterocycles. The molecule has 0 aliphatic heterocycles. The quantitative estimate of drug-likeness (QED) is 0.711. The molecule has 1 heterocycles. The highest BCUT2D eigenvalue weighted by molar-refractivity contribution is 5.75. The lowest BCUT2D eigenvalue weighted by molar-refractivity contribution is 0.297. The molecular weight excluding hydrogens is 260 g/mol. The number of nitrogens with zero attached hydrogens (tertiary/aromatic N) is 1. The Morgan fingerprint density at radius 2 is 2.00 bits per heavy atom. The van der Waals surface area contributed by atoms with E-state index >= 15 is 0 Å². The number of nitrogens with one attached hydrogen (secondary N) is 1. The summed E-state index contributed by atoms with van der Waals surface area (Å²) in [5, 5.41) is 0. The number of fused-ring (bicyclic) bond motifs is 1. The van der Waals surface area contributed by atoms with Crippen LogP contribution in [0.25, 0.3) is 11.0 Å². The van der Waals surface area contributed by atoms with Crippen molar-refractivity contribution >= 4 is 11.0 Å². The number of imidazole rings is 1. The zero-order chi connectivity index (χ0) is 14.7. The number of hydrogen-bond donors (Lipinski definition) is 1. The first-order valence-electron chi connectivity index (χ1n) is 7.02. The molecule has 1 N–H and O–H groups in total. The van der Waals surface area contributed by atoms with Crippen LogP contribution < -0.4 is 4.74 Å². The zero-order valence-corrected chi connectivity index (χ0v) is 12.1. The third-order valence-corrected chi connectivity index (χ3v) is 3.37. The highest BCUT2D eigenvalue weighted by atomic mass is 16.5. The number of H-pyrrole nitrogens is 1. The van der Waals surface area contributed by atoms with Crippen molar-refractivity contribution in [2.24, 2.45) is 0 Å². The lowest BCUT2D eigenvalue weighted by Crippen LogP contribution is -1.97. The van der Waals surface area contributed by atoms with Gasteiger partial charge < -0.3 is 9.72 Å². The minimum atomic E-state index is 0.439. The van der Waals surface area contributed by atoms with E-state index in [4.69, 9.17) is 4.74 Å². The number of aromatic amines is 1. The van der Waals surface area contributed by atoms with E-state index in [-0.39, 0.29) is 0 Å². The second kappa shape index (κ2) is 5.83. The average Bonchev–Trinajstić information content (AvgIpc) is 2.89. The Kier molecular flexibility index (Phi) is 3.73. The maximum atomic E-state index is 5.77. The van der Waals surface area contributed by atoms with Crippen molar-refractivity contribution in [1.29, 1.82) is 0 Å². The van der Waals surface area contributed by atoms with Crippen LogP contribution in [0, 0.1) is 6.92 Å². The van der Waals surface area contributed by atoms with E-state index in [0.717, 1.165) is 29.0 Å². The molecule has 2 aromatic carbocycles. The molecule has 0 fully saturated rings. The molecule has 0 saturated carbocycles. The summed E-state index contributed by atoms with van der Waals surface area (Å²) in [5.41, 5.74) is 4.48. The minimum Gasteiger partial charge on any atom is -0.486 e. The fraction of sp³-hybridized carbons (Fsp3) is 0.167. The lowest BCUT2D eigenvalue weighted by atomic mass is 10.1. The van der Waals surface area contributed by atoms with Gasteiger partial charge in [0.25, 0.3) is 0 Å². The number of hydrogen-bond acceptors (Lipinski definition) is 2. The van der Waals surface area contributed by atoms with Gasteiger partial charge in [-0.15, -0.1) is 6.58 Å². The molecule has 21 heavy (non-hydrogen) atoms. The SMILES string of the molecule is C=CCc1ccc(OCc2nc3ccc(C)cc3[nH]2)cc1. The number of benzene rings is 2. The van der Waals surface area contributed by atoms with Crippen molar-refractivity contribution in [2.45, 2.75) is 20.0 Å². The highest BCUT2D eigenvalue weighted by Gasteiger charge is 2.03. The molecule has 0 spiro atoms. The Labute approximate surface area is 124 Å². The van der Waals surface area contributed by atoms with Crippen LogP contribution in [0.3, 0.4) is 0 Å². The van der Waals surface area contributed by atoms with Gasteiger partial charge in [0.15, 0.2) is 0 Å². The van der Waals surface area contributed by atoms with Crippen LogP contribution in [-0.4, -0.2) is 9.97 Å². The number of aryl methyl sites for hydroxylation is 1. The Morgan fingerprint density at radius 1 is 1.19 bits per heavy atom. The molecule has 106 valence electrons. The summed E-state index contributed by atoms with van der Waals surface area (Å²) in [6.45, 7) is 6.25. The Morgan fingerprint density at radius 3 is 2.76 bits per heavy atom. The second-order valence-corrected chi connectivity index (χ2v) is 5.13. The van der Waals surface area contributed by atoms with E-state index in [9.17, 15) is 0 Å². The lowest BCUT2D eigenvalue weighted by Gasteiger charge is -2.04. The van der Waals surface area contributed by atoms with Crippen molar-refractivity contribution in [2.75, 3.05) is 0 Å². The molecule has 0 aliphatic rings. The molecule has 3 rings (SSSR count). The monoisotopic (exact) mass is 278 g/mol. The average molecular weight is 278 g/mol. The van der Waals surface area contributed by atoms with Crippen LogP contribution in [-0.2, 0) is 13.0 Å². The molecule has 0 unspecified atom stereocenters. The molecule has 0 amide bonds. The molecule has 0 saturated heterocycles. The predicted octanol–water partition coefficient (Wildman–Crippen LogP) is 4.18. The van der Waals surface area contributed by atoms with Gasteiger partial charge in [0, 0.05) is 0 Å². The number of aromatic nitrogens is 2. The smallest absolute Gasteiger partial charge is 0.146 e. The summed E-state index contributed by atoms with van der Waals surface area (Å²) in [6.07, 6.45) is 2.77.